The van der Waals surface area contributed by atoms with Gasteiger partial charge in [-0.05, 0) is 35.0 Å². The number of nitrogens with one attached hydrogen (secondary N) is 1. The third-order valence-electron chi connectivity index (χ3n) is 2.41. The van der Waals surface area contributed by atoms with E-state index < -0.39 is 0 Å². The second kappa shape index (κ2) is 3.08. The van der Waals surface area contributed by atoms with Crippen LogP contribution in [0.15, 0.2) is 34.4 Å². The summed E-state index contributed by atoms with van der Waals surface area (Å²) in [6.45, 7) is 0. The highest BCUT2D eigenvalue weighted by Gasteiger charge is 2.05. The number of pyridine rings is 1. The van der Waals surface area contributed by atoms with Gasteiger partial charge in [0, 0.05) is 15.8 Å². The van der Waals surface area contributed by atoms with Gasteiger partial charge in [-0.2, -0.15) is 0 Å². The van der Waals surface area contributed by atoms with E-state index in [9.17, 15) is 4.79 Å². The minimum Gasteiger partial charge on any atom is -0.313 e. The molecule has 0 saturated heterocycles. The second-order valence-corrected chi connectivity index (χ2v) is 4.66. The van der Waals surface area contributed by atoms with Gasteiger partial charge in [0.2, 0.25) is 0 Å². The van der Waals surface area contributed by atoms with Crippen molar-refractivity contribution < 1.29 is 0 Å². The maximum absolute atomic E-state index is 11.7. The van der Waals surface area contributed by atoms with Crippen molar-refractivity contribution in [2.24, 2.45) is 0 Å². The molecule has 2 heterocycles. The number of aromatic amines is 1. The summed E-state index contributed by atoms with van der Waals surface area (Å²) in [6, 6.07) is 7.32. The molecule has 0 aliphatic heterocycles. The molecule has 0 aliphatic rings. The van der Waals surface area contributed by atoms with Crippen LogP contribution in [0.4, 0.5) is 0 Å². The van der Waals surface area contributed by atoms with Crippen LogP contribution in [0, 0.1) is 0 Å². The van der Waals surface area contributed by atoms with Gasteiger partial charge in [0.15, 0.2) is 0 Å². The van der Waals surface area contributed by atoms with Gasteiger partial charge in [-0.25, -0.2) is 0 Å². The zero-order valence-corrected chi connectivity index (χ0v) is 9.15. The largest absolute Gasteiger partial charge is 0.313 e. The van der Waals surface area contributed by atoms with Gasteiger partial charge in [-0.1, -0.05) is 11.6 Å². The first-order chi connectivity index (χ1) is 7.25. The molecular weight excluding hydrogens is 230 g/mol. The van der Waals surface area contributed by atoms with Gasteiger partial charge in [0.05, 0.1) is 0 Å². The standard InChI is InChI=1S/C11H6ClNOS/c12-6-1-2-7-9(5-6)8-3-4-15-11(8)13-10(7)14/h1-5H,(H,13,14). The molecule has 15 heavy (non-hydrogen) atoms. The third kappa shape index (κ3) is 1.28. The van der Waals surface area contributed by atoms with Crippen molar-refractivity contribution in [3.05, 3.63) is 45.0 Å². The summed E-state index contributed by atoms with van der Waals surface area (Å²) in [5.41, 5.74) is -0.0587. The van der Waals surface area contributed by atoms with Crippen LogP contribution in [-0.2, 0) is 0 Å². The van der Waals surface area contributed by atoms with Crippen LogP contribution >= 0.6 is 22.9 Å². The van der Waals surface area contributed by atoms with E-state index in [0.29, 0.717) is 10.4 Å². The lowest BCUT2D eigenvalue weighted by atomic mass is 10.1. The van der Waals surface area contributed by atoms with Crippen molar-refractivity contribution in [2.45, 2.75) is 0 Å². The van der Waals surface area contributed by atoms with Crippen LogP contribution in [0.3, 0.4) is 0 Å². The monoisotopic (exact) mass is 235 g/mol. The Balaban J connectivity index is 2.69. The van der Waals surface area contributed by atoms with Crippen LogP contribution in [-0.4, -0.2) is 4.98 Å². The summed E-state index contributed by atoms with van der Waals surface area (Å²) in [7, 11) is 0. The number of rotatable bonds is 0. The van der Waals surface area contributed by atoms with Crippen molar-refractivity contribution in [3.63, 3.8) is 0 Å². The lowest BCUT2D eigenvalue weighted by molar-refractivity contribution is 1.37. The Morgan fingerprint density at radius 2 is 2.00 bits per heavy atom. The molecule has 1 aromatic carbocycles. The van der Waals surface area contributed by atoms with E-state index in [1.165, 1.54) is 11.3 Å². The Bertz CT molecular complexity index is 713. The number of benzene rings is 1. The number of thiophene rings is 1. The number of halogens is 1. The summed E-state index contributed by atoms with van der Waals surface area (Å²) >= 11 is 7.45. The molecule has 4 heteroatoms. The molecule has 3 rings (SSSR count). The maximum atomic E-state index is 11.7. The minimum atomic E-state index is -0.0587. The Kier molecular flexibility index (Phi) is 1.84. The Morgan fingerprint density at radius 3 is 2.87 bits per heavy atom. The number of H-pyrrole nitrogens is 1. The highest BCUT2D eigenvalue weighted by atomic mass is 35.5. The van der Waals surface area contributed by atoms with E-state index in [1.807, 2.05) is 17.5 Å². The summed E-state index contributed by atoms with van der Waals surface area (Å²) < 4.78 is 0. The van der Waals surface area contributed by atoms with E-state index in [4.69, 9.17) is 11.6 Å². The van der Waals surface area contributed by atoms with E-state index in [0.717, 1.165) is 15.6 Å². The van der Waals surface area contributed by atoms with E-state index >= 15 is 0 Å². The van der Waals surface area contributed by atoms with Crippen molar-refractivity contribution in [2.75, 3.05) is 0 Å². The lowest BCUT2D eigenvalue weighted by Gasteiger charge is -1.99. The van der Waals surface area contributed by atoms with Gasteiger partial charge < -0.3 is 4.98 Å². The quantitative estimate of drug-likeness (QED) is 0.637. The smallest absolute Gasteiger partial charge is 0.256 e. The molecule has 0 fully saturated rings. The van der Waals surface area contributed by atoms with Crippen molar-refractivity contribution in [1.29, 1.82) is 0 Å². The molecule has 2 aromatic heterocycles. The second-order valence-electron chi connectivity index (χ2n) is 3.31. The Hall–Kier alpha value is -1.32. The fraction of sp³-hybridized carbons (Fsp3) is 0. The zero-order chi connectivity index (χ0) is 10.4. The molecule has 0 aliphatic carbocycles. The first kappa shape index (κ1) is 8.95. The fourth-order valence-corrected chi connectivity index (χ4v) is 2.69. The third-order valence-corrected chi connectivity index (χ3v) is 3.47. The molecule has 2 nitrogen and oxygen atoms in total. The van der Waals surface area contributed by atoms with Crippen LogP contribution in [0.2, 0.25) is 5.02 Å². The van der Waals surface area contributed by atoms with E-state index in [-0.39, 0.29) is 5.56 Å². The molecule has 0 amide bonds. The van der Waals surface area contributed by atoms with Gasteiger partial charge in [-0.3, -0.25) is 4.79 Å². The predicted molar refractivity (Wildman–Crippen MR) is 65.0 cm³/mol. The average molecular weight is 236 g/mol. The number of aromatic nitrogens is 1. The molecule has 74 valence electrons. The summed E-state index contributed by atoms with van der Waals surface area (Å²) in [5, 5.41) is 5.27. The molecular formula is C11H6ClNOS. The summed E-state index contributed by atoms with van der Waals surface area (Å²) in [5.74, 6) is 0. The van der Waals surface area contributed by atoms with Crippen LogP contribution in [0.5, 0.6) is 0 Å². The molecule has 0 unspecified atom stereocenters. The molecule has 0 bridgehead atoms. The first-order valence-corrected chi connectivity index (χ1v) is 5.70. The minimum absolute atomic E-state index is 0.0587. The van der Waals surface area contributed by atoms with Crippen molar-refractivity contribution >= 4 is 43.9 Å². The van der Waals surface area contributed by atoms with Crippen molar-refractivity contribution in [1.82, 2.24) is 4.98 Å². The van der Waals surface area contributed by atoms with Gasteiger partial charge in [0.1, 0.15) is 4.83 Å². The van der Waals surface area contributed by atoms with E-state index in [1.54, 1.807) is 12.1 Å². The summed E-state index contributed by atoms with van der Waals surface area (Å²) in [4.78, 5) is 15.5. The number of hydrogen-bond acceptors (Lipinski definition) is 2. The Labute approximate surface area is 94.1 Å². The number of fused-ring (bicyclic) bond motifs is 3. The SMILES string of the molecule is O=c1[nH]c2sccc2c2cc(Cl)ccc12. The molecule has 0 saturated carbocycles. The highest BCUT2D eigenvalue weighted by Crippen LogP contribution is 2.26. The first-order valence-electron chi connectivity index (χ1n) is 4.44. The fourth-order valence-electron chi connectivity index (χ4n) is 1.73. The molecule has 3 aromatic rings. The number of hydrogen-bond donors (Lipinski definition) is 1. The van der Waals surface area contributed by atoms with E-state index in [2.05, 4.69) is 4.98 Å². The Morgan fingerprint density at radius 1 is 1.13 bits per heavy atom. The van der Waals surface area contributed by atoms with Crippen LogP contribution in [0.1, 0.15) is 0 Å². The summed E-state index contributed by atoms with van der Waals surface area (Å²) in [6.07, 6.45) is 0. The zero-order valence-electron chi connectivity index (χ0n) is 7.58. The van der Waals surface area contributed by atoms with Crippen molar-refractivity contribution in [3.8, 4) is 0 Å². The van der Waals surface area contributed by atoms with Crippen LogP contribution in [0.25, 0.3) is 21.0 Å². The molecule has 1 N–H and O–H groups in total. The molecule has 0 spiro atoms. The lowest BCUT2D eigenvalue weighted by Crippen LogP contribution is -2.04. The predicted octanol–water partition coefficient (Wildman–Crippen LogP) is 3.40. The van der Waals surface area contributed by atoms with Gasteiger partial charge in [-0.15, -0.1) is 11.3 Å². The average Bonchev–Trinajstić information content (AvgIpc) is 2.65. The normalized spacial score (nSPS) is 11.3. The molecule has 0 atom stereocenters. The molecule has 0 radical (unpaired) electrons. The highest BCUT2D eigenvalue weighted by molar-refractivity contribution is 7.16. The van der Waals surface area contributed by atoms with Gasteiger partial charge in [0.25, 0.3) is 5.56 Å². The topological polar surface area (TPSA) is 32.9 Å². The van der Waals surface area contributed by atoms with Gasteiger partial charge >= 0.3 is 0 Å². The van der Waals surface area contributed by atoms with Crippen LogP contribution < -0.4 is 5.56 Å². The maximum Gasteiger partial charge on any atom is 0.256 e.